The minimum Gasteiger partial charge on any atom is -0.478 e. The molecule has 1 amide bonds. The Balaban J connectivity index is 3.25. The third-order valence-electron chi connectivity index (χ3n) is 1.52. The number of hydrogen-bond acceptors (Lipinski definition) is 3. The second-order valence-electron chi connectivity index (χ2n) is 2.34. The maximum atomic E-state index is 10.7. The van der Waals surface area contributed by atoms with E-state index < -0.39 is 5.97 Å². The van der Waals surface area contributed by atoms with Gasteiger partial charge in [0.15, 0.2) is 0 Å². The van der Waals surface area contributed by atoms with Gasteiger partial charge < -0.3 is 16.2 Å². The molecule has 0 heterocycles. The third-order valence-corrected chi connectivity index (χ3v) is 1.52. The van der Waals surface area contributed by atoms with Crippen LogP contribution in [0.15, 0.2) is 18.2 Å². The van der Waals surface area contributed by atoms with Gasteiger partial charge in [0.1, 0.15) is 5.56 Å². The Bertz CT molecular complexity index is 349. The highest BCUT2D eigenvalue weighted by molar-refractivity contribution is 6.01. The molecule has 0 fully saturated rings. The van der Waals surface area contributed by atoms with Gasteiger partial charge in [-0.05, 0) is 12.1 Å². The van der Waals surface area contributed by atoms with Gasteiger partial charge in [-0.3, -0.25) is 4.79 Å². The van der Waals surface area contributed by atoms with E-state index >= 15 is 0 Å². The summed E-state index contributed by atoms with van der Waals surface area (Å²) < 4.78 is 0. The molecule has 5 nitrogen and oxygen atoms in total. The lowest BCUT2D eigenvalue weighted by atomic mass is 10.1. The number of aromatic carboxylic acids is 1. The number of benzene rings is 1. The molecular weight excluding hydrogens is 172 g/mol. The Morgan fingerprint density at radius 3 is 2.77 bits per heavy atom. The van der Waals surface area contributed by atoms with Gasteiger partial charge in [-0.25, -0.2) is 4.79 Å². The second kappa shape index (κ2) is 3.57. The molecule has 0 saturated heterocycles. The Morgan fingerprint density at radius 2 is 2.23 bits per heavy atom. The summed E-state index contributed by atoms with van der Waals surface area (Å²) in [6.45, 7) is 0. The Kier molecular flexibility index (Phi) is 2.49. The lowest BCUT2D eigenvalue weighted by molar-refractivity contribution is -0.105. The molecule has 0 saturated carbocycles. The highest BCUT2D eigenvalue weighted by atomic mass is 16.4. The summed E-state index contributed by atoms with van der Waals surface area (Å²) in [6, 6.07) is 4.49. The van der Waals surface area contributed by atoms with Gasteiger partial charge in [0, 0.05) is 5.69 Å². The van der Waals surface area contributed by atoms with Crippen LogP contribution in [-0.2, 0) is 4.79 Å². The van der Waals surface area contributed by atoms with Crippen LogP contribution in [0.25, 0.3) is 0 Å². The van der Waals surface area contributed by atoms with Crippen LogP contribution >= 0.6 is 0 Å². The number of nitrogens with two attached hydrogens (primary N) is 1. The average Bonchev–Trinajstić information content (AvgIpc) is 2.04. The Morgan fingerprint density at radius 1 is 1.54 bits per heavy atom. The smallest absolute Gasteiger partial charge is 0.339 e. The van der Waals surface area contributed by atoms with Crippen LogP contribution in [0.3, 0.4) is 0 Å². The molecule has 0 atom stereocenters. The minimum absolute atomic E-state index is 0.0883. The zero-order valence-electron chi connectivity index (χ0n) is 6.65. The lowest BCUT2D eigenvalue weighted by Crippen LogP contribution is -2.07. The van der Waals surface area contributed by atoms with Crippen LogP contribution in [0.4, 0.5) is 11.4 Å². The zero-order valence-corrected chi connectivity index (χ0v) is 6.65. The van der Waals surface area contributed by atoms with Gasteiger partial charge in [0.2, 0.25) is 6.41 Å². The van der Waals surface area contributed by atoms with Crippen molar-refractivity contribution in [3.05, 3.63) is 23.8 Å². The van der Waals surface area contributed by atoms with E-state index in [0.29, 0.717) is 6.41 Å². The standard InChI is InChI=1S/C8H8N2O3/c9-5-2-1-3-6(10-4-11)7(5)8(12)13/h1-4H,9H2,(H,10,11)(H,12,13). The molecule has 13 heavy (non-hydrogen) atoms. The van der Waals surface area contributed by atoms with E-state index in [1.807, 2.05) is 0 Å². The first-order valence-electron chi connectivity index (χ1n) is 3.48. The molecule has 0 aromatic heterocycles. The second-order valence-corrected chi connectivity index (χ2v) is 2.34. The molecule has 68 valence electrons. The number of hydrogen-bond donors (Lipinski definition) is 3. The number of nitrogens with one attached hydrogen (secondary N) is 1. The van der Waals surface area contributed by atoms with Gasteiger partial charge >= 0.3 is 5.97 Å². The lowest BCUT2D eigenvalue weighted by Gasteiger charge is -2.05. The Hall–Kier alpha value is -2.04. The maximum absolute atomic E-state index is 10.7. The SMILES string of the molecule is Nc1cccc(NC=O)c1C(=O)O. The van der Waals surface area contributed by atoms with E-state index in [2.05, 4.69) is 5.32 Å². The molecule has 0 aliphatic heterocycles. The van der Waals surface area contributed by atoms with E-state index in [4.69, 9.17) is 10.8 Å². The van der Waals surface area contributed by atoms with Crippen LogP contribution in [0.1, 0.15) is 10.4 Å². The van der Waals surface area contributed by atoms with Crippen molar-refractivity contribution in [2.45, 2.75) is 0 Å². The predicted molar refractivity (Wildman–Crippen MR) is 47.5 cm³/mol. The Labute approximate surface area is 74.2 Å². The summed E-state index contributed by atoms with van der Waals surface area (Å²) in [7, 11) is 0. The molecular formula is C8H8N2O3. The van der Waals surface area contributed by atoms with Gasteiger partial charge in [-0.2, -0.15) is 0 Å². The van der Waals surface area contributed by atoms with Gasteiger partial charge in [0.25, 0.3) is 0 Å². The van der Waals surface area contributed by atoms with Crippen molar-refractivity contribution >= 4 is 23.8 Å². The monoisotopic (exact) mass is 180 g/mol. The molecule has 0 spiro atoms. The van der Waals surface area contributed by atoms with E-state index in [-0.39, 0.29) is 16.9 Å². The number of carbonyl (C=O) groups is 2. The number of amides is 1. The number of carbonyl (C=O) groups excluding carboxylic acids is 1. The fourth-order valence-corrected chi connectivity index (χ4v) is 0.993. The first-order valence-corrected chi connectivity index (χ1v) is 3.48. The van der Waals surface area contributed by atoms with Crippen LogP contribution in [-0.4, -0.2) is 17.5 Å². The normalized spacial score (nSPS) is 9.23. The average molecular weight is 180 g/mol. The van der Waals surface area contributed by atoms with Crippen molar-refractivity contribution in [3.8, 4) is 0 Å². The summed E-state index contributed by atoms with van der Waals surface area (Å²) in [4.78, 5) is 20.8. The van der Waals surface area contributed by atoms with E-state index in [0.717, 1.165) is 0 Å². The molecule has 0 unspecified atom stereocenters. The van der Waals surface area contributed by atoms with Crippen molar-refractivity contribution < 1.29 is 14.7 Å². The minimum atomic E-state index is -1.16. The summed E-state index contributed by atoms with van der Waals surface area (Å²) in [5.74, 6) is -1.16. The highest BCUT2D eigenvalue weighted by Crippen LogP contribution is 2.21. The highest BCUT2D eigenvalue weighted by Gasteiger charge is 2.12. The molecule has 0 aliphatic rings. The van der Waals surface area contributed by atoms with E-state index in [9.17, 15) is 9.59 Å². The van der Waals surface area contributed by atoms with E-state index in [1.54, 1.807) is 6.07 Å². The molecule has 0 bridgehead atoms. The van der Waals surface area contributed by atoms with Crippen molar-refractivity contribution in [2.75, 3.05) is 11.1 Å². The summed E-state index contributed by atoms with van der Waals surface area (Å²) >= 11 is 0. The fraction of sp³-hybridized carbons (Fsp3) is 0. The first-order chi connectivity index (χ1) is 6.16. The number of nitrogen functional groups attached to an aromatic ring is 1. The molecule has 1 aromatic carbocycles. The topological polar surface area (TPSA) is 92.4 Å². The van der Waals surface area contributed by atoms with Crippen molar-refractivity contribution in [3.63, 3.8) is 0 Å². The molecule has 1 rings (SSSR count). The van der Waals surface area contributed by atoms with E-state index in [1.165, 1.54) is 12.1 Å². The molecule has 1 aromatic rings. The largest absolute Gasteiger partial charge is 0.478 e. The third kappa shape index (κ3) is 1.76. The van der Waals surface area contributed by atoms with Crippen LogP contribution in [0, 0.1) is 0 Å². The predicted octanol–water partition coefficient (Wildman–Crippen LogP) is 0.535. The molecule has 0 radical (unpaired) electrons. The summed E-state index contributed by atoms with van der Waals surface area (Å²) in [6.07, 6.45) is 0.404. The van der Waals surface area contributed by atoms with Crippen molar-refractivity contribution in [2.24, 2.45) is 0 Å². The van der Waals surface area contributed by atoms with Gasteiger partial charge in [-0.15, -0.1) is 0 Å². The quantitative estimate of drug-likeness (QED) is 0.467. The van der Waals surface area contributed by atoms with Crippen LogP contribution < -0.4 is 11.1 Å². The summed E-state index contributed by atoms with van der Waals surface area (Å²) in [5.41, 5.74) is 5.65. The van der Waals surface area contributed by atoms with Gasteiger partial charge in [-0.1, -0.05) is 6.07 Å². The summed E-state index contributed by atoms with van der Waals surface area (Å²) in [5, 5.41) is 11.0. The number of carboxylic acids is 1. The van der Waals surface area contributed by atoms with Gasteiger partial charge in [0.05, 0.1) is 5.69 Å². The number of rotatable bonds is 3. The fourth-order valence-electron chi connectivity index (χ4n) is 0.993. The van der Waals surface area contributed by atoms with Crippen molar-refractivity contribution in [1.29, 1.82) is 0 Å². The maximum Gasteiger partial charge on any atom is 0.339 e. The number of carboxylic acid groups (broad SMARTS) is 1. The first kappa shape index (κ1) is 9.05. The molecule has 4 N–H and O–H groups in total. The number of anilines is 2. The van der Waals surface area contributed by atoms with Crippen molar-refractivity contribution in [1.82, 2.24) is 0 Å². The van der Waals surface area contributed by atoms with Crippen LogP contribution in [0.5, 0.6) is 0 Å². The molecule has 5 heteroatoms. The molecule has 0 aliphatic carbocycles. The zero-order chi connectivity index (χ0) is 9.84. The van der Waals surface area contributed by atoms with Crippen LogP contribution in [0.2, 0.25) is 0 Å².